The van der Waals surface area contributed by atoms with E-state index in [1.165, 1.54) is 40.7 Å². The van der Waals surface area contributed by atoms with Crippen LogP contribution in [0.3, 0.4) is 0 Å². The van der Waals surface area contributed by atoms with Gasteiger partial charge in [0, 0.05) is 50.0 Å². The lowest BCUT2D eigenvalue weighted by atomic mass is 10.2. The van der Waals surface area contributed by atoms with Crippen LogP contribution in [-0.4, -0.2) is 68.3 Å². The van der Waals surface area contributed by atoms with Crippen molar-refractivity contribution in [3.05, 3.63) is 84.2 Å². The Balaban J connectivity index is 1.36. The van der Waals surface area contributed by atoms with Crippen LogP contribution < -0.4 is 9.64 Å². The molecule has 1 aliphatic heterocycles. The third-order valence-electron chi connectivity index (χ3n) is 5.92. The van der Waals surface area contributed by atoms with E-state index in [0.717, 1.165) is 17.8 Å². The van der Waals surface area contributed by atoms with Crippen molar-refractivity contribution >= 4 is 23.4 Å². The van der Waals surface area contributed by atoms with Crippen LogP contribution in [0, 0.1) is 5.82 Å². The van der Waals surface area contributed by atoms with Gasteiger partial charge in [0.25, 0.3) is 5.91 Å². The second-order valence-corrected chi connectivity index (χ2v) is 9.36. The summed E-state index contributed by atoms with van der Waals surface area (Å²) in [6.07, 6.45) is -1.62. The molecule has 4 aromatic rings. The monoisotopic (exact) mass is 559 g/mol. The maximum absolute atomic E-state index is 13.5. The van der Waals surface area contributed by atoms with Crippen LogP contribution in [0.15, 0.2) is 72.1 Å². The van der Waals surface area contributed by atoms with Gasteiger partial charge in [-0.05, 0) is 54.6 Å². The molecule has 5 rings (SSSR count). The number of hydrogen-bond acceptors (Lipinski definition) is 8. The molecule has 14 heteroatoms. The number of thioether (sulfide) groups is 1. The molecule has 2 aromatic heterocycles. The number of rotatable bonds is 7. The molecular weight excluding hydrogens is 538 g/mol. The van der Waals surface area contributed by atoms with Gasteiger partial charge in [-0.2, -0.15) is 0 Å². The van der Waals surface area contributed by atoms with Crippen LogP contribution in [0.5, 0.6) is 5.75 Å². The molecule has 202 valence electrons. The molecule has 0 aliphatic carbocycles. The first-order valence-corrected chi connectivity index (χ1v) is 12.8. The maximum atomic E-state index is 13.5. The molecule has 0 N–H and O–H groups in total. The molecule has 9 nitrogen and oxygen atoms in total. The summed E-state index contributed by atoms with van der Waals surface area (Å²) in [4.78, 5) is 25.6. The fourth-order valence-corrected chi connectivity index (χ4v) is 4.85. The Morgan fingerprint density at radius 2 is 1.56 bits per heavy atom. The number of alkyl halides is 3. The Kier molecular flexibility index (Phi) is 7.63. The lowest BCUT2D eigenvalue weighted by Gasteiger charge is -2.35. The highest BCUT2D eigenvalue weighted by atomic mass is 32.2. The van der Waals surface area contributed by atoms with E-state index in [-0.39, 0.29) is 28.9 Å². The second-order valence-electron chi connectivity index (χ2n) is 8.41. The molecule has 2 aromatic carbocycles. The van der Waals surface area contributed by atoms with Crippen molar-refractivity contribution < 1.29 is 27.1 Å². The minimum Gasteiger partial charge on any atom is -0.406 e. The Bertz CT molecular complexity index is 1410. The van der Waals surface area contributed by atoms with Gasteiger partial charge < -0.3 is 14.5 Å². The first kappa shape index (κ1) is 26.4. The molecule has 0 spiro atoms. The second kappa shape index (κ2) is 11.3. The van der Waals surface area contributed by atoms with Crippen molar-refractivity contribution in [1.29, 1.82) is 0 Å². The van der Waals surface area contributed by atoms with Crippen LogP contribution in [-0.2, 0) is 5.75 Å². The zero-order chi connectivity index (χ0) is 27.4. The van der Waals surface area contributed by atoms with Crippen LogP contribution in [0.4, 0.5) is 23.2 Å². The van der Waals surface area contributed by atoms with Crippen LogP contribution in [0.25, 0.3) is 5.69 Å². The third-order valence-corrected chi connectivity index (χ3v) is 6.81. The van der Waals surface area contributed by atoms with Gasteiger partial charge in [-0.3, -0.25) is 4.79 Å². The summed E-state index contributed by atoms with van der Waals surface area (Å²) in [5.74, 6) is -0.782. The molecule has 1 saturated heterocycles. The predicted molar refractivity (Wildman–Crippen MR) is 134 cm³/mol. The van der Waals surface area contributed by atoms with E-state index in [0.29, 0.717) is 42.7 Å². The van der Waals surface area contributed by atoms with Gasteiger partial charge in [0.05, 0.1) is 11.4 Å². The highest BCUT2D eigenvalue weighted by Gasteiger charge is 2.31. The van der Waals surface area contributed by atoms with E-state index < -0.39 is 6.36 Å². The number of piperazine rings is 1. The standard InChI is InChI=1S/C25H21F4N7O2S/c26-17-2-4-18(5-3-17)34-12-14-35(15-13-34)23(37)22-21(16-39-24-30-10-1-11-31-24)36(33-32-22)19-6-8-20(9-7-19)38-25(27,28)29/h1-11H,12-16H2. The fourth-order valence-electron chi connectivity index (χ4n) is 4.06. The van der Waals surface area contributed by atoms with E-state index in [2.05, 4.69) is 29.9 Å². The highest BCUT2D eigenvalue weighted by molar-refractivity contribution is 7.98. The normalized spacial score (nSPS) is 13.9. The number of aromatic nitrogens is 5. The fraction of sp³-hybridized carbons (Fsp3) is 0.240. The average Bonchev–Trinajstić information content (AvgIpc) is 3.36. The van der Waals surface area contributed by atoms with Gasteiger partial charge >= 0.3 is 6.36 Å². The molecule has 0 saturated carbocycles. The molecule has 39 heavy (non-hydrogen) atoms. The quantitative estimate of drug-likeness (QED) is 0.188. The molecule has 1 aliphatic rings. The third kappa shape index (κ3) is 6.45. The number of halogens is 4. The minimum atomic E-state index is -4.81. The van der Waals surface area contributed by atoms with E-state index in [4.69, 9.17) is 0 Å². The molecule has 1 amide bonds. The van der Waals surface area contributed by atoms with E-state index in [1.807, 2.05) is 0 Å². The lowest BCUT2D eigenvalue weighted by Crippen LogP contribution is -2.49. The molecule has 1 fully saturated rings. The minimum absolute atomic E-state index is 0.129. The van der Waals surface area contributed by atoms with E-state index in [1.54, 1.807) is 35.5 Å². The average molecular weight is 560 g/mol. The number of carbonyl (C=O) groups is 1. The van der Waals surface area contributed by atoms with Gasteiger partial charge in [-0.25, -0.2) is 19.0 Å². The van der Waals surface area contributed by atoms with Crippen molar-refractivity contribution in [2.24, 2.45) is 0 Å². The number of hydrogen-bond donors (Lipinski definition) is 0. The summed E-state index contributed by atoms with van der Waals surface area (Å²) in [5.41, 5.74) is 1.85. The number of anilines is 1. The Hall–Kier alpha value is -4.20. The topological polar surface area (TPSA) is 89.3 Å². The Morgan fingerprint density at radius 1 is 0.923 bits per heavy atom. The zero-order valence-electron chi connectivity index (χ0n) is 20.3. The van der Waals surface area contributed by atoms with Crippen molar-refractivity contribution in [2.75, 3.05) is 31.1 Å². The Labute approximate surface area is 224 Å². The maximum Gasteiger partial charge on any atom is 0.573 e. The van der Waals surface area contributed by atoms with Gasteiger partial charge in [-0.15, -0.1) is 18.3 Å². The number of ether oxygens (including phenoxy) is 1. The van der Waals surface area contributed by atoms with Crippen molar-refractivity contribution in [1.82, 2.24) is 29.9 Å². The summed E-state index contributed by atoms with van der Waals surface area (Å²) in [6.45, 7) is 1.93. The molecule has 0 bridgehead atoms. The highest BCUT2D eigenvalue weighted by Crippen LogP contribution is 2.27. The smallest absolute Gasteiger partial charge is 0.406 e. The van der Waals surface area contributed by atoms with Gasteiger partial charge in [-0.1, -0.05) is 17.0 Å². The Morgan fingerprint density at radius 3 is 2.21 bits per heavy atom. The predicted octanol–water partition coefficient (Wildman–Crippen LogP) is 4.35. The van der Waals surface area contributed by atoms with Crippen molar-refractivity contribution in [2.45, 2.75) is 17.3 Å². The van der Waals surface area contributed by atoms with Gasteiger partial charge in [0.2, 0.25) is 0 Å². The van der Waals surface area contributed by atoms with Gasteiger partial charge in [0.15, 0.2) is 10.9 Å². The number of amides is 1. The van der Waals surface area contributed by atoms with Crippen LogP contribution in [0.1, 0.15) is 16.2 Å². The van der Waals surface area contributed by atoms with Crippen LogP contribution in [0.2, 0.25) is 0 Å². The largest absolute Gasteiger partial charge is 0.573 e. The summed E-state index contributed by atoms with van der Waals surface area (Å²) < 4.78 is 56.4. The summed E-state index contributed by atoms with van der Waals surface area (Å²) in [6, 6.07) is 13.0. The molecular formula is C25H21F4N7O2S. The summed E-state index contributed by atoms with van der Waals surface area (Å²) >= 11 is 1.27. The van der Waals surface area contributed by atoms with Crippen LogP contribution >= 0.6 is 11.8 Å². The summed E-state index contributed by atoms with van der Waals surface area (Å²) in [7, 11) is 0. The SMILES string of the molecule is O=C(c1nnn(-c2ccc(OC(F)(F)F)cc2)c1CSc1ncccn1)N1CCN(c2ccc(F)cc2)CC1. The lowest BCUT2D eigenvalue weighted by molar-refractivity contribution is -0.274. The summed E-state index contributed by atoms with van der Waals surface area (Å²) in [5, 5.41) is 8.77. The molecule has 3 heterocycles. The number of benzene rings is 2. The number of nitrogens with zero attached hydrogens (tertiary/aromatic N) is 7. The van der Waals surface area contributed by atoms with E-state index in [9.17, 15) is 22.4 Å². The van der Waals surface area contributed by atoms with E-state index >= 15 is 0 Å². The molecule has 0 unspecified atom stereocenters. The van der Waals surface area contributed by atoms with Gasteiger partial charge in [0.1, 0.15) is 11.6 Å². The number of carbonyl (C=O) groups excluding carboxylic acids is 1. The molecule has 0 radical (unpaired) electrons. The van der Waals surface area contributed by atoms with Crippen molar-refractivity contribution in [3.8, 4) is 11.4 Å². The molecule has 0 atom stereocenters. The zero-order valence-corrected chi connectivity index (χ0v) is 21.1. The first-order valence-electron chi connectivity index (χ1n) is 11.8. The first-order chi connectivity index (χ1) is 18.8. The van der Waals surface area contributed by atoms with Crippen molar-refractivity contribution in [3.63, 3.8) is 0 Å².